The van der Waals surface area contributed by atoms with Crippen molar-refractivity contribution in [1.82, 2.24) is 0 Å². The van der Waals surface area contributed by atoms with Crippen molar-refractivity contribution in [3.63, 3.8) is 0 Å². The molecule has 0 bridgehead atoms. The van der Waals surface area contributed by atoms with Crippen molar-refractivity contribution in [2.45, 2.75) is 13.3 Å². The molecule has 0 aromatic carbocycles. The summed E-state index contributed by atoms with van der Waals surface area (Å²) in [5.41, 5.74) is 0. The van der Waals surface area contributed by atoms with E-state index in [1.165, 1.54) is 0 Å². The minimum absolute atomic E-state index is 0.250. The van der Waals surface area contributed by atoms with E-state index in [2.05, 4.69) is 9.78 Å². The van der Waals surface area contributed by atoms with Gasteiger partial charge in [-0.3, -0.25) is 4.89 Å². The monoisotopic (exact) mass is 132 g/mol. The van der Waals surface area contributed by atoms with Crippen molar-refractivity contribution < 1.29 is 19.4 Å². The number of rotatable bonds is 4. The molecule has 0 saturated heterocycles. The van der Waals surface area contributed by atoms with Crippen molar-refractivity contribution in [2.24, 2.45) is 0 Å². The average molecular weight is 132 g/mol. The second-order valence-electron chi connectivity index (χ2n) is 1.23. The van der Waals surface area contributed by atoms with Crippen molar-refractivity contribution in [3.05, 3.63) is 0 Å². The van der Waals surface area contributed by atoms with E-state index >= 15 is 0 Å². The smallest absolute Gasteiger partial charge is 0.303 e. The molecule has 9 heavy (non-hydrogen) atoms. The molecule has 0 rings (SSSR count). The predicted octanol–water partition coefficient (Wildman–Crippen LogP) is 0.0701. The third-order valence-corrected chi connectivity index (χ3v) is 0.520. The Hall–Kier alpha value is -0.900. The molecule has 0 heterocycles. The first-order chi connectivity index (χ1) is 4.31. The lowest BCUT2D eigenvalue weighted by Gasteiger charge is -1.95. The van der Waals surface area contributed by atoms with Gasteiger partial charge >= 0.3 is 5.97 Å². The molecule has 0 aliphatic heterocycles. The first-order valence-corrected chi connectivity index (χ1v) is 2.57. The van der Waals surface area contributed by atoms with Crippen LogP contribution in [0.4, 0.5) is 0 Å². The van der Waals surface area contributed by atoms with E-state index < -0.39 is 5.97 Å². The lowest BCUT2D eigenvalue weighted by Crippen LogP contribution is -2.04. The molecule has 0 saturated carbocycles. The fourth-order valence-electron chi connectivity index (χ4n) is 0.227. The molecule has 4 heteroatoms. The van der Waals surface area contributed by atoms with Gasteiger partial charge in [0.25, 0.3) is 0 Å². The molecule has 0 aromatic rings. The fourth-order valence-corrected chi connectivity index (χ4v) is 0.227. The van der Waals surface area contributed by atoms with Crippen LogP contribution in [0.1, 0.15) is 13.3 Å². The van der Waals surface area contributed by atoms with Crippen molar-refractivity contribution in [1.29, 1.82) is 0 Å². The zero-order valence-corrected chi connectivity index (χ0v) is 5.12. The van der Waals surface area contributed by atoms with Crippen LogP contribution in [0, 0.1) is 0 Å². The Morgan fingerprint density at radius 2 is 2.33 bits per heavy atom. The molecular formula is C5H8O4. The summed E-state index contributed by atoms with van der Waals surface area (Å²) < 4.78 is 0. The molecule has 0 aliphatic carbocycles. The van der Waals surface area contributed by atoms with Crippen LogP contribution in [0.25, 0.3) is 0 Å². The third-order valence-electron chi connectivity index (χ3n) is 0.520. The van der Waals surface area contributed by atoms with Gasteiger partial charge in [0.05, 0.1) is 6.61 Å². The Bertz CT molecular complexity index is 99.1. The summed E-state index contributed by atoms with van der Waals surface area (Å²) in [6, 6.07) is 0. The summed E-state index contributed by atoms with van der Waals surface area (Å²) in [5.74, 6) is -0.660. The van der Waals surface area contributed by atoms with Gasteiger partial charge in [-0.1, -0.05) is 0 Å². The van der Waals surface area contributed by atoms with E-state index in [4.69, 9.17) is 0 Å². The van der Waals surface area contributed by atoms with Crippen LogP contribution in [0.2, 0.25) is 0 Å². The molecule has 0 aliphatic rings. The second-order valence-corrected chi connectivity index (χ2v) is 1.23. The highest BCUT2D eigenvalue weighted by atomic mass is 17.2. The summed E-state index contributed by atoms with van der Waals surface area (Å²) in [7, 11) is 0. The van der Waals surface area contributed by atoms with E-state index in [0.29, 0.717) is 12.9 Å². The first-order valence-electron chi connectivity index (χ1n) is 2.57. The number of carbonyl (C=O) groups is 2. The van der Waals surface area contributed by atoms with Gasteiger partial charge in [0.1, 0.15) is 12.7 Å². The van der Waals surface area contributed by atoms with Crippen LogP contribution in [0.5, 0.6) is 0 Å². The van der Waals surface area contributed by atoms with Crippen LogP contribution in [0.3, 0.4) is 0 Å². The molecule has 0 atom stereocenters. The van der Waals surface area contributed by atoms with Crippen LogP contribution < -0.4 is 0 Å². The largest absolute Gasteiger partial charge is 0.349 e. The maximum absolute atomic E-state index is 10.2. The highest BCUT2D eigenvalue weighted by molar-refractivity contribution is 5.83. The van der Waals surface area contributed by atoms with Gasteiger partial charge in [0.15, 0.2) is 0 Å². The predicted molar refractivity (Wildman–Crippen MR) is 28.4 cm³/mol. The molecule has 0 radical (unpaired) electrons. The molecular weight excluding hydrogens is 124 g/mol. The molecule has 0 spiro atoms. The third kappa shape index (κ3) is 4.96. The molecule has 0 N–H and O–H groups in total. The molecule has 0 aromatic heterocycles. The summed E-state index contributed by atoms with van der Waals surface area (Å²) in [4.78, 5) is 28.1. The van der Waals surface area contributed by atoms with E-state index in [1.807, 2.05) is 0 Å². The lowest BCUT2D eigenvalue weighted by atomic mass is 10.5. The van der Waals surface area contributed by atoms with Gasteiger partial charge in [0, 0.05) is 0 Å². The van der Waals surface area contributed by atoms with Gasteiger partial charge in [-0.15, -0.1) is 0 Å². The van der Waals surface area contributed by atoms with Crippen molar-refractivity contribution in [3.8, 4) is 0 Å². The maximum atomic E-state index is 10.2. The van der Waals surface area contributed by atoms with Crippen LogP contribution in [-0.4, -0.2) is 18.9 Å². The highest BCUT2D eigenvalue weighted by Crippen LogP contribution is 1.82. The molecule has 52 valence electrons. The van der Waals surface area contributed by atoms with Crippen molar-refractivity contribution in [2.75, 3.05) is 6.61 Å². The van der Waals surface area contributed by atoms with E-state index in [0.717, 1.165) is 0 Å². The van der Waals surface area contributed by atoms with Crippen LogP contribution >= 0.6 is 0 Å². The van der Waals surface area contributed by atoms with Gasteiger partial charge in [-0.25, -0.2) is 4.79 Å². The highest BCUT2D eigenvalue weighted by Gasteiger charge is 1.99. The summed E-state index contributed by atoms with van der Waals surface area (Å²) in [5, 5.41) is 0. The van der Waals surface area contributed by atoms with Gasteiger partial charge in [0.2, 0.25) is 0 Å². The maximum Gasteiger partial charge on any atom is 0.349 e. The quantitative estimate of drug-likeness (QED) is 0.235. The van der Waals surface area contributed by atoms with Crippen molar-refractivity contribution >= 4 is 12.3 Å². The molecule has 0 unspecified atom stereocenters. The topological polar surface area (TPSA) is 52.6 Å². The van der Waals surface area contributed by atoms with Crippen LogP contribution in [-0.2, 0) is 19.4 Å². The van der Waals surface area contributed by atoms with Crippen LogP contribution in [0.15, 0.2) is 0 Å². The van der Waals surface area contributed by atoms with Gasteiger partial charge in [-0.2, -0.15) is 4.89 Å². The SMILES string of the molecule is CCOOC(=O)CC=O. The first kappa shape index (κ1) is 8.10. The van der Waals surface area contributed by atoms with E-state index in [-0.39, 0.29) is 6.42 Å². The summed E-state index contributed by atoms with van der Waals surface area (Å²) in [6.45, 7) is 1.97. The summed E-state index contributed by atoms with van der Waals surface area (Å²) in [6.07, 6.45) is 0.210. The standard InChI is InChI=1S/C5H8O4/c1-2-8-9-5(7)3-4-6/h4H,2-3H2,1H3. The minimum atomic E-state index is -0.660. The normalized spacial score (nSPS) is 8.56. The zero-order chi connectivity index (χ0) is 7.11. The number of hydrogen-bond acceptors (Lipinski definition) is 4. The van der Waals surface area contributed by atoms with Gasteiger partial charge in [-0.05, 0) is 6.92 Å². The van der Waals surface area contributed by atoms with Gasteiger partial charge < -0.3 is 4.79 Å². The lowest BCUT2D eigenvalue weighted by molar-refractivity contribution is -0.268. The molecule has 0 amide bonds. The molecule has 4 nitrogen and oxygen atoms in total. The summed E-state index contributed by atoms with van der Waals surface area (Å²) >= 11 is 0. The second kappa shape index (κ2) is 5.24. The molecule has 0 fully saturated rings. The fraction of sp³-hybridized carbons (Fsp3) is 0.600. The zero-order valence-electron chi connectivity index (χ0n) is 5.12. The number of carbonyl (C=O) groups excluding carboxylic acids is 2. The average Bonchev–Trinajstić information content (AvgIpc) is 1.85. The minimum Gasteiger partial charge on any atom is -0.303 e. The number of aldehydes is 1. The van der Waals surface area contributed by atoms with E-state index in [9.17, 15) is 9.59 Å². The number of hydrogen-bond donors (Lipinski definition) is 0. The Kier molecular flexibility index (Phi) is 4.72. The Balaban J connectivity index is 3.16. The Labute approximate surface area is 52.7 Å². The Morgan fingerprint density at radius 1 is 1.67 bits per heavy atom. The Morgan fingerprint density at radius 3 is 2.78 bits per heavy atom. The van der Waals surface area contributed by atoms with E-state index in [1.54, 1.807) is 6.92 Å².